The Morgan fingerprint density at radius 3 is 2.54 bits per heavy atom. The Kier molecular flexibility index (Phi) is 6.17. The molecule has 0 aliphatic heterocycles. The van der Waals surface area contributed by atoms with Gasteiger partial charge >= 0.3 is 0 Å². The van der Waals surface area contributed by atoms with E-state index in [9.17, 15) is 8.78 Å². The van der Waals surface area contributed by atoms with E-state index in [4.69, 9.17) is 16.3 Å². The van der Waals surface area contributed by atoms with Gasteiger partial charge in [-0.2, -0.15) is 0 Å². The lowest BCUT2D eigenvalue weighted by Gasteiger charge is -2.17. The van der Waals surface area contributed by atoms with Crippen molar-refractivity contribution < 1.29 is 17.9 Å². The minimum Gasteiger partial charge on any atom is -0.361 e. The van der Waals surface area contributed by atoms with Gasteiger partial charge in [-0.3, -0.25) is 4.57 Å². The highest BCUT2D eigenvalue weighted by molar-refractivity contribution is 6.76. The van der Waals surface area contributed by atoms with Gasteiger partial charge < -0.3 is 4.74 Å². The average molecular weight is 427 g/mol. The molecule has 2 aromatic heterocycles. The van der Waals surface area contributed by atoms with Crippen molar-refractivity contribution >= 4 is 30.7 Å². The molecule has 3 aromatic rings. The van der Waals surface area contributed by atoms with Crippen LogP contribution >= 0.6 is 11.6 Å². The minimum atomic E-state index is -2.73. The zero-order chi connectivity index (χ0) is 20.5. The topological polar surface area (TPSA) is 27.1 Å². The molecular weight excluding hydrogens is 405 g/mol. The third kappa shape index (κ3) is 4.42. The summed E-state index contributed by atoms with van der Waals surface area (Å²) in [7, 11) is -1.30. The maximum absolute atomic E-state index is 15.3. The van der Waals surface area contributed by atoms with Gasteiger partial charge in [0, 0.05) is 25.8 Å². The zero-order valence-electron chi connectivity index (χ0n) is 16.0. The molecular formula is C20H22ClF3N2OSi. The minimum absolute atomic E-state index is 0.00511. The van der Waals surface area contributed by atoms with Crippen LogP contribution in [0.4, 0.5) is 13.2 Å². The third-order valence-corrected chi connectivity index (χ3v) is 6.39. The van der Waals surface area contributed by atoms with Crippen LogP contribution in [-0.4, -0.2) is 24.2 Å². The number of hydrogen-bond donors (Lipinski definition) is 0. The van der Waals surface area contributed by atoms with Gasteiger partial charge in [-0.25, -0.2) is 18.2 Å². The second-order valence-corrected chi connectivity index (χ2v) is 13.8. The Balaban J connectivity index is 2.10. The summed E-state index contributed by atoms with van der Waals surface area (Å²) >= 11 is 6.00. The first-order valence-electron chi connectivity index (χ1n) is 8.98. The Morgan fingerprint density at radius 2 is 1.86 bits per heavy atom. The zero-order valence-corrected chi connectivity index (χ0v) is 17.7. The van der Waals surface area contributed by atoms with E-state index < -0.39 is 20.3 Å². The second kappa shape index (κ2) is 8.27. The molecule has 3 rings (SSSR count). The Labute approximate surface area is 168 Å². The summed E-state index contributed by atoms with van der Waals surface area (Å²) in [4.78, 5) is 4.21. The van der Waals surface area contributed by atoms with Gasteiger partial charge in [0.2, 0.25) is 0 Å². The largest absolute Gasteiger partial charge is 0.361 e. The van der Waals surface area contributed by atoms with Crippen LogP contribution in [-0.2, 0) is 11.5 Å². The van der Waals surface area contributed by atoms with Crippen molar-refractivity contribution in [2.75, 3.05) is 6.61 Å². The van der Waals surface area contributed by atoms with Crippen LogP contribution in [0.1, 0.15) is 12.0 Å². The van der Waals surface area contributed by atoms with E-state index in [1.54, 1.807) is 6.07 Å². The fourth-order valence-electron chi connectivity index (χ4n) is 2.98. The smallest absolute Gasteiger partial charge is 0.264 e. The van der Waals surface area contributed by atoms with Crippen molar-refractivity contribution in [1.82, 2.24) is 9.55 Å². The molecule has 0 saturated heterocycles. The Bertz CT molecular complexity index is 985. The molecule has 0 aliphatic rings. The van der Waals surface area contributed by atoms with Gasteiger partial charge in [0.05, 0.1) is 11.1 Å². The molecule has 0 saturated carbocycles. The number of hydrogen-bond acceptors (Lipinski definition) is 2. The monoisotopic (exact) mass is 426 g/mol. The van der Waals surface area contributed by atoms with Crippen LogP contribution in [0.15, 0.2) is 36.4 Å². The van der Waals surface area contributed by atoms with Gasteiger partial charge in [0.15, 0.2) is 5.82 Å². The van der Waals surface area contributed by atoms with Crippen molar-refractivity contribution in [3.8, 4) is 11.3 Å². The summed E-state index contributed by atoms with van der Waals surface area (Å²) in [6.45, 7) is 7.20. The third-order valence-electron chi connectivity index (χ3n) is 4.48. The number of rotatable bonds is 7. The molecule has 0 aliphatic carbocycles. The van der Waals surface area contributed by atoms with E-state index in [0.29, 0.717) is 6.61 Å². The van der Waals surface area contributed by atoms with Gasteiger partial charge in [0.25, 0.3) is 6.43 Å². The number of benzene rings is 1. The molecule has 0 atom stereocenters. The van der Waals surface area contributed by atoms with Crippen molar-refractivity contribution in [3.05, 3.63) is 52.9 Å². The quantitative estimate of drug-likeness (QED) is 0.237. The van der Waals surface area contributed by atoms with Crippen LogP contribution < -0.4 is 0 Å². The van der Waals surface area contributed by atoms with E-state index in [-0.39, 0.29) is 39.7 Å². The summed E-state index contributed by atoms with van der Waals surface area (Å²) < 4.78 is 49.6. The van der Waals surface area contributed by atoms with E-state index in [2.05, 4.69) is 24.6 Å². The predicted octanol–water partition coefficient (Wildman–Crippen LogP) is 6.75. The molecule has 0 fully saturated rings. The maximum atomic E-state index is 15.3. The summed E-state index contributed by atoms with van der Waals surface area (Å²) in [6.07, 6.45) is -2.73. The van der Waals surface area contributed by atoms with Crippen molar-refractivity contribution in [1.29, 1.82) is 0 Å². The number of nitrogens with zero attached hydrogens (tertiary/aromatic N) is 2. The second-order valence-electron chi connectivity index (χ2n) is 7.83. The summed E-state index contributed by atoms with van der Waals surface area (Å²) in [5.41, 5.74) is 0.197. The fourth-order valence-corrected chi connectivity index (χ4v) is 3.88. The lowest BCUT2D eigenvalue weighted by molar-refractivity contribution is 0.0905. The van der Waals surface area contributed by atoms with Crippen LogP contribution in [0.25, 0.3) is 22.3 Å². The molecule has 0 unspecified atom stereocenters. The summed E-state index contributed by atoms with van der Waals surface area (Å²) in [5, 5.41) is 0.416. The van der Waals surface area contributed by atoms with Gasteiger partial charge in [-0.15, -0.1) is 0 Å². The first-order valence-corrected chi connectivity index (χ1v) is 13.1. The lowest BCUT2D eigenvalue weighted by Crippen LogP contribution is -2.22. The molecule has 1 aromatic carbocycles. The molecule has 3 nitrogen and oxygen atoms in total. The van der Waals surface area contributed by atoms with Crippen molar-refractivity contribution in [2.24, 2.45) is 0 Å². The summed E-state index contributed by atoms with van der Waals surface area (Å²) in [6, 6.07) is 9.82. The Morgan fingerprint density at radius 1 is 1.14 bits per heavy atom. The molecule has 8 heteroatoms. The standard InChI is InChI=1S/C20H22ClF3N2OSi/c1-28(2,3)11-10-27-12-26-18(13-6-4-5-7-14(13)19(23)24)17(22)15-8-9-16(21)25-20(15)26/h4-9,19H,10-12H2,1-3H3. The van der Waals surface area contributed by atoms with Crippen LogP contribution in [0, 0.1) is 5.82 Å². The molecule has 0 N–H and O–H groups in total. The average Bonchev–Trinajstić information content (AvgIpc) is 2.89. The number of aromatic nitrogens is 2. The van der Waals surface area contributed by atoms with Crippen LogP contribution in [0.3, 0.4) is 0 Å². The normalized spacial score (nSPS) is 12.3. The number of ether oxygens (including phenoxy) is 1. The van der Waals surface area contributed by atoms with Crippen LogP contribution in [0.2, 0.25) is 30.8 Å². The van der Waals surface area contributed by atoms with E-state index in [0.717, 1.165) is 6.04 Å². The number of fused-ring (bicyclic) bond motifs is 1. The predicted molar refractivity (Wildman–Crippen MR) is 109 cm³/mol. The highest BCUT2D eigenvalue weighted by Crippen LogP contribution is 2.37. The molecule has 0 radical (unpaired) electrons. The SMILES string of the molecule is C[Si](C)(C)CCOCn1c(-c2ccccc2C(F)F)c(F)c2ccc(Cl)nc21. The lowest BCUT2D eigenvalue weighted by atomic mass is 10.0. The maximum Gasteiger partial charge on any atom is 0.264 e. The number of alkyl halides is 2. The molecule has 0 bridgehead atoms. The van der Waals surface area contributed by atoms with Crippen LogP contribution in [0.5, 0.6) is 0 Å². The van der Waals surface area contributed by atoms with E-state index in [1.165, 1.54) is 34.9 Å². The van der Waals surface area contributed by atoms with Crippen molar-refractivity contribution in [2.45, 2.75) is 38.8 Å². The summed E-state index contributed by atoms with van der Waals surface area (Å²) in [5.74, 6) is -0.610. The first kappa shape index (κ1) is 20.9. The van der Waals surface area contributed by atoms with Gasteiger partial charge in [0.1, 0.15) is 17.5 Å². The molecule has 0 spiro atoms. The number of pyridine rings is 1. The Hall–Kier alpha value is -1.83. The highest BCUT2D eigenvalue weighted by Gasteiger charge is 2.24. The van der Waals surface area contributed by atoms with Gasteiger partial charge in [-0.1, -0.05) is 55.5 Å². The first-order chi connectivity index (χ1) is 13.2. The van der Waals surface area contributed by atoms with Gasteiger partial charge in [-0.05, 0) is 18.2 Å². The van der Waals surface area contributed by atoms with E-state index >= 15 is 4.39 Å². The van der Waals surface area contributed by atoms with E-state index in [1.807, 2.05) is 0 Å². The molecule has 0 amide bonds. The molecule has 28 heavy (non-hydrogen) atoms. The highest BCUT2D eigenvalue weighted by atomic mass is 35.5. The number of halogens is 4. The van der Waals surface area contributed by atoms with Crippen molar-refractivity contribution in [3.63, 3.8) is 0 Å². The molecule has 150 valence electrons. The molecule has 2 heterocycles. The fraction of sp³-hybridized carbons (Fsp3) is 0.350.